The van der Waals surface area contributed by atoms with Crippen LogP contribution in [0.3, 0.4) is 0 Å². The highest BCUT2D eigenvalue weighted by molar-refractivity contribution is 5.71. The summed E-state index contributed by atoms with van der Waals surface area (Å²) < 4.78 is 0. The number of unbranched alkanes of at least 4 members (excludes halogenated alkanes) is 14. The van der Waals surface area contributed by atoms with Crippen molar-refractivity contribution in [3.05, 3.63) is 0 Å². The molecule has 0 aromatic carbocycles. The van der Waals surface area contributed by atoms with Gasteiger partial charge in [-0.15, -0.1) is 0 Å². The molecular formula is C28H62N2O5. The number of aliphatic carboxylic acids is 2. The molecule has 0 spiro atoms. The Morgan fingerprint density at radius 1 is 0.657 bits per heavy atom. The monoisotopic (exact) mass is 506 g/mol. The molecule has 6 N–H and O–H groups in total. The number of nitrogens with one attached hydrogen (secondary N) is 1. The van der Waals surface area contributed by atoms with Crippen molar-refractivity contribution in [2.24, 2.45) is 5.73 Å². The standard InChI is InChI=1S/C18H36O2.C4H11N.C3H9N.C3H6O3/c1-2-3-4-5-6-7-8-9-10-11-12-13-14-15-16-17-18(19)20;1-3-5-4-2;1-2-3-4;1-2(4)3(5)6/h2-17H2,1H3,(H,19,20);5H,3-4H2,1-2H3;2-4H2,1H3;2,4H,1H3,(H,5,6). The van der Waals surface area contributed by atoms with Crippen LogP contribution in [0.5, 0.6) is 0 Å². The van der Waals surface area contributed by atoms with E-state index in [1.807, 2.05) is 0 Å². The van der Waals surface area contributed by atoms with Crippen LogP contribution in [0.15, 0.2) is 0 Å². The second kappa shape index (κ2) is 40.0. The zero-order valence-electron chi connectivity index (χ0n) is 24.0. The van der Waals surface area contributed by atoms with E-state index in [4.69, 9.17) is 21.1 Å². The molecule has 0 aliphatic rings. The minimum atomic E-state index is -1.23. The van der Waals surface area contributed by atoms with E-state index in [1.54, 1.807) is 0 Å². The summed E-state index contributed by atoms with van der Waals surface area (Å²) in [6, 6.07) is 0. The van der Waals surface area contributed by atoms with Gasteiger partial charge in [-0.25, -0.2) is 4.79 Å². The minimum Gasteiger partial charge on any atom is -0.481 e. The summed E-state index contributed by atoms with van der Waals surface area (Å²) in [7, 11) is 0. The number of hydrogen-bond acceptors (Lipinski definition) is 5. The second-order valence-electron chi connectivity index (χ2n) is 8.85. The third kappa shape index (κ3) is 59.9. The molecule has 1 atom stereocenters. The zero-order chi connectivity index (χ0) is 27.6. The molecule has 0 fully saturated rings. The average Bonchev–Trinajstić information content (AvgIpc) is 2.82. The molecule has 0 aromatic heterocycles. The van der Waals surface area contributed by atoms with Crippen LogP contribution in [0.2, 0.25) is 0 Å². The van der Waals surface area contributed by atoms with E-state index in [2.05, 4.69) is 33.0 Å². The number of aliphatic hydroxyl groups is 1. The second-order valence-corrected chi connectivity index (χ2v) is 8.85. The van der Waals surface area contributed by atoms with Crippen molar-refractivity contribution in [1.82, 2.24) is 5.32 Å². The van der Waals surface area contributed by atoms with Crippen LogP contribution in [0.1, 0.15) is 144 Å². The lowest BCUT2D eigenvalue weighted by molar-refractivity contribution is -0.145. The van der Waals surface area contributed by atoms with Gasteiger partial charge >= 0.3 is 11.9 Å². The maximum Gasteiger partial charge on any atom is 0.332 e. The molecule has 0 radical (unpaired) electrons. The van der Waals surface area contributed by atoms with Crippen LogP contribution in [-0.4, -0.2) is 53.0 Å². The van der Waals surface area contributed by atoms with Crippen LogP contribution in [0.4, 0.5) is 0 Å². The van der Waals surface area contributed by atoms with E-state index >= 15 is 0 Å². The third-order valence-corrected chi connectivity index (χ3v) is 5.14. The average molecular weight is 507 g/mol. The predicted molar refractivity (Wildman–Crippen MR) is 150 cm³/mol. The summed E-state index contributed by atoms with van der Waals surface area (Å²) in [5.41, 5.74) is 5.03. The van der Waals surface area contributed by atoms with Gasteiger partial charge in [0, 0.05) is 6.42 Å². The number of carbonyl (C=O) groups is 2. The summed E-state index contributed by atoms with van der Waals surface area (Å²) in [5, 5.41) is 27.4. The van der Waals surface area contributed by atoms with E-state index in [0.717, 1.165) is 38.9 Å². The van der Waals surface area contributed by atoms with E-state index in [1.165, 1.54) is 90.4 Å². The molecular weight excluding hydrogens is 444 g/mol. The first-order valence-electron chi connectivity index (χ1n) is 14.3. The predicted octanol–water partition coefficient (Wildman–Crippen LogP) is 6.76. The van der Waals surface area contributed by atoms with E-state index in [9.17, 15) is 9.59 Å². The number of rotatable bonds is 20. The van der Waals surface area contributed by atoms with Gasteiger partial charge in [0.2, 0.25) is 0 Å². The van der Waals surface area contributed by atoms with Crippen molar-refractivity contribution in [3.8, 4) is 0 Å². The van der Waals surface area contributed by atoms with Crippen molar-refractivity contribution < 1.29 is 24.9 Å². The third-order valence-electron chi connectivity index (χ3n) is 5.14. The van der Waals surface area contributed by atoms with Gasteiger partial charge < -0.3 is 26.4 Å². The molecule has 0 aliphatic carbocycles. The summed E-state index contributed by atoms with van der Waals surface area (Å²) in [6.07, 6.45) is 20.1. The van der Waals surface area contributed by atoms with Crippen LogP contribution >= 0.6 is 0 Å². The Labute approximate surface area is 217 Å². The largest absolute Gasteiger partial charge is 0.481 e. The summed E-state index contributed by atoms with van der Waals surface area (Å²) >= 11 is 0. The number of aliphatic hydroxyl groups excluding tert-OH is 1. The first-order chi connectivity index (χ1) is 16.7. The lowest BCUT2D eigenvalue weighted by Crippen LogP contribution is -2.13. The van der Waals surface area contributed by atoms with Crippen LogP contribution in [0, 0.1) is 0 Å². The maximum absolute atomic E-state index is 10.3. The van der Waals surface area contributed by atoms with E-state index in [-0.39, 0.29) is 0 Å². The van der Waals surface area contributed by atoms with Crippen molar-refractivity contribution in [2.45, 2.75) is 150 Å². The SMILES string of the molecule is CC(O)C(=O)O.CCCCCCCCCCCCCCCCCC(=O)O.CCCN.CCNCC. The molecule has 0 aliphatic heterocycles. The maximum atomic E-state index is 10.3. The molecule has 1 unspecified atom stereocenters. The van der Waals surface area contributed by atoms with Gasteiger partial charge in [-0.3, -0.25) is 4.79 Å². The molecule has 7 nitrogen and oxygen atoms in total. The fourth-order valence-electron chi connectivity index (χ4n) is 2.90. The number of carboxylic acids is 2. The van der Waals surface area contributed by atoms with Gasteiger partial charge in [-0.2, -0.15) is 0 Å². The summed E-state index contributed by atoms with van der Waals surface area (Å²) in [6.45, 7) is 12.7. The Bertz CT molecular complexity index is 390. The van der Waals surface area contributed by atoms with Gasteiger partial charge in [-0.05, 0) is 39.4 Å². The van der Waals surface area contributed by atoms with Crippen LogP contribution in [0.25, 0.3) is 0 Å². The normalized spacial score (nSPS) is 10.6. The lowest BCUT2D eigenvalue weighted by atomic mass is 10.0. The van der Waals surface area contributed by atoms with Crippen molar-refractivity contribution in [2.75, 3.05) is 19.6 Å². The molecule has 214 valence electrons. The van der Waals surface area contributed by atoms with Crippen molar-refractivity contribution in [3.63, 3.8) is 0 Å². The quantitative estimate of drug-likeness (QED) is 0.115. The minimum absolute atomic E-state index is 0.345. The smallest absolute Gasteiger partial charge is 0.332 e. The summed E-state index contributed by atoms with van der Waals surface area (Å²) in [5.74, 6) is -1.84. The first kappa shape index (κ1) is 41.0. The van der Waals surface area contributed by atoms with Gasteiger partial charge in [0.05, 0.1) is 0 Å². The molecule has 0 saturated carbocycles. The number of nitrogens with two attached hydrogens (primary N) is 1. The molecule has 35 heavy (non-hydrogen) atoms. The zero-order valence-corrected chi connectivity index (χ0v) is 24.0. The lowest BCUT2D eigenvalue weighted by Gasteiger charge is -2.03. The van der Waals surface area contributed by atoms with Gasteiger partial charge in [0.1, 0.15) is 6.10 Å². The fourth-order valence-corrected chi connectivity index (χ4v) is 2.90. The van der Waals surface area contributed by atoms with Crippen molar-refractivity contribution >= 4 is 11.9 Å². The number of hydrogen-bond donors (Lipinski definition) is 5. The summed E-state index contributed by atoms with van der Waals surface area (Å²) in [4.78, 5) is 19.8. The Hall–Kier alpha value is -1.18. The molecule has 0 saturated heterocycles. The highest BCUT2D eigenvalue weighted by Gasteiger charge is 2.01. The first-order valence-corrected chi connectivity index (χ1v) is 14.3. The molecule has 0 bridgehead atoms. The Morgan fingerprint density at radius 3 is 1.11 bits per heavy atom. The van der Waals surface area contributed by atoms with Gasteiger partial charge in [0.15, 0.2) is 0 Å². The van der Waals surface area contributed by atoms with E-state index < -0.39 is 18.0 Å². The van der Waals surface area contributed by atoms with Crippen LogP contribution in [-0.2, 0) is 9.59 Å². The molecule has 0 aromatic rings. The highest BCUT2D eigenvalue weighted by Crippen LogP contribution is 2.13. The molecule has 0 amide bonds. The molecule has 0 rings (SSSR count). The fraction of sp³-hybridized carbons (Fsp3) is 0.929. The van der Waals surface area contributed by atoms with Crippen LogP contribution < -0.4 is 11.1 Å². The Morgan fingerprint density at radius 2 is 0.943 bits per heavy atom. The number of carboxylic acid groups (broad SMARTS) is 2. The van der Waals surface area contributed by atoms with Gasteiger partial charge in [-0.1, -0.05) is 118 Å². The van der Waals surface area contributed by atoms with Crippen molar-refractivity contribution in [1.29, 1.82) is 0 Å². The molecule has 7 heteroatoms. The Kier molecular flexibility index (Phi) is 46.8. The topological polar surface area (TPSA) is 133 Å². The Balaban J connectivity index is -0.000000259. The molecule has 0 heterocycles. The van der Waals surface area contributed by atoms with E-state index in [0.29, 0.717) is 6.42 Å². The highest BCUT2D eigenvalue weighted by atomic mass is 16.4. The van der Waals surface area contributed by atoms with Gasteiger partial charge in [0.25, 0.3) is 0 Å².